The van der Waals surface area contributed by atoms with Crippen LogP contribution in [0, 0.1) is 10.1 Å². The van der Waals surface area contributed by atoms with Crippen LogP contribution in [0.15, 0.2) is 30.0 Å². The normalized spacial score (nSPS) is 14.4. The van der Waals surface area contributed by atoms with Gasteiger partial charge in [-0.05, 0) is 12.1 Å². The lowest BCUT2D eigenvalue weighted by atomic mass is 10.2. The maximum absolute atomic E-state index is 11.9. The van der Waals surface area contributed by atoms with Crippen molar-refractivity contribution in [2.24, 2.45) is 0 Å². The Kier molecular flexibility index (Phi) is 4.20. The molecule has 2 N–H and O–H groups in total. The van der Waals surface area contributed by atoms with Crippen LogP contribution in [-0.4, -0.2) is 39.9 Å². The maximum Gasteiger partial charge on any atom is 0.289 e. The maximum atomic E-state index is 11.9. The number of hydrogen-bond acceptors (Lipinski definition) is 6. The van der Waals surface area contributed by atoms with Crippen molar-refractivity contribution >= 4 is 34.8 Å². The fourth-order valence-electron chi connectivity index (χ4n) is 1.80. The molecule has 0 radical (unpaired) electrons. The third-order valence-electron chi connectivity index (χ3n) is 2.75. The molecule has 1 aromatic carbocycles. The van der Waals surface area contributed by atoms with E-state index >= 15 is 0 Å². The molecule has 8 nitrogen and oxygen atoms in total. The van der Waals surface area contributed by atoms with Gasteiger partial charge in [-0.1, -0.05) is 11.6 Å². The average molecular weight is 312 g/mol. The van der Waals surface area contributed by atoms with Crippen molar-refractivity contribution in [2.75, 3.05) is 18.5 Å². The number of imide groups is 1. The first kappa shape index (κ1) is 14.9. The van der Waals surface area contributed by atoms with Crippen LogP contribution in [0.25, 0.3) is 0 Å². The predicted molar refractivity (Wildman–Crippen MR) is 73.6 cm³/mol. The van der Waals surface area contributed by atoms with Gasteiger partial charge in [-0.2, -0.15) is 0 Å². The van der Waals surface area contributed by atoms with Gasteiger partial charge in [0.1, 0.15) is 10.7 Å². The first-order valence-corrected chi connectivity index (χ1v) is 6.21. The SMILES string of the molecule is O=C1C=C(Nc2ccc(Cl)c([N+](=O)[O-])c2)C(=O)N1CCO. The molecule has 0 aromatic heterocycles. The van der Waals surface area contributed by atoms with E-state index in [2.05, 4.69) is 5.32 Å². The van der Waals surface area contributed by atoms with E-state index in [4.69, 9.17) is 16.7 Å². The minimum absolute atomic E-state index is 0.0231. The summed E-state index contributed by atoms with van der Waals surface area (Å²) >= 11 is 5.68. The zero-order valence-electron chi connectivity index (χ0n) is 10.6. The fourth-order valence-corrected chi connectivity index (χ4v) is 1.98. The second kappa shape index (κ2) is 5.90. The number of carbonyl (C=O) groups excluding carboxylic acids is 2. The molecule has 2 amide bonds. The van der Waals surface area contributed by atoms with Crippen LogP contribution in [0.4, 0.5) is 11.4 Å². The van der Waals surface area contributed by atoms with Gasteiger partial charge in [0.25, 0.3) is 17.5 Å². The topological polar surface area (TPSA) is 113 Å². The van der Waals surface area contributed by atoms with E-state index in [0.29, 0.717) is 0 Å². The summed E-state index contributed by atoms with van der Waals surface area (Å²) < 4.78 is 0. The first-order chi connectivity index (χ1) is 9.93. The average Bonchev–Trinajstić information content (AvgIpc) is 2.69. The third kappa shape index (κ3) is 3.01. The number of nitro groups is 1. The van der Waals surface area contributed by atoms with E-state index in [1.165, 1.54) is 12.1 Å². The highest BCUT2D eigenvalue weighted by atomic mass is 35.5. The van der Waals surface area contributed by atoms with Crippen molar-refractivity contribution in [3.63, 3.8) is 0 Å². The number of aliphatic hydroxyl groups is 1. The van der Waals surface area contributed by atoms with E-state index in [9.17, 15) is 19.7 Å². The van der Waals surface area contributed by atoms with E-state index in [-0.39, 0.29) is 35.2 Å². The van der Waals surface area contributed by atoms with Crippen molar-refractivity contribution in [2.45, 2.75) is 0 Å². The van der Waals surface area contributed by atoms with Crippen molar-refractivity contribution < 1.29 is 19.6 Å². The molecule has 0 atom stereocenters. The zero-order chi connectivity index (χ0) is 15.6. The van der Waals surface area contributed by atoms with Crippen molar-refractivity contribution in [1.82, 2.24) is 4.90 Å². The Hall–Kier alpha value is -2.45. The van der Waals surface area contributed by atoms with Gasteiger partial charge in [-0.15, -0.1) is 0 Å². The number of halogens is 1. The highest BCUT2D eigenvalue weighted by Crippen LogP contribution is 2.28. The highest BCUT2D eigenvalue weighted by molar-refractivity contribution is 6.32. The number of nitrogens with zero attached hydrogens (tertiary/aromatic N) is 2. The first-order valence-electron chi connectivity index (χ1n) is 5.83. The Morgan fingerprint density at radius 1 is 1.38 bits per heavy atom. The number of nitrogens with one attached hydrogen (secondary N) is 1. The zero-order valence-corrected chi connectivity index (χ0v) is 11.3. The number of amides is 2. The number of carbonyl (C=O) groups is 2. The van der Waals surface area contributed by atoms with Crippen LogP contribution < -0.4 is 5.32 Å². The number of aliphatic hydroxyl groups excluding tert-OH is 1. The highest BCUT2D eigenvalue weighted by Gasteiger charge is 2.30. The Bertz CT molecular complexity index is 658. The van der Waals surface area contributed by atoms with Gasteiger partial charge in [-0.25, -0.2) is 0 Å². The van der Waals surface area contributed by atoms with E-state index in [0.717, 1.165) is 17.0 Å². The second-order valence-electron chi connectivity index (χ2n) is 4.12. The van der Waals surface area contributed by atoms with Gasteiger partial charge in [-0.3, -0.25) is 24.6 Å². The van der Waals surface area contributed by atoms with Gasteiger partial charge in [0.15, 0.2) is 0 Å². The molecule has 1 aliphatic heterocycles. The van der Waals surface area contributed by atoms with Crippen molar-refractivity contribution in [1.29, 1.82) is 0 Å². The monoisotopic (exact) mass is 311 g/mol. The smallest absolute Gasteiger partial charge is 0.289 e. The van der Waals surface area contributed by atoms with Crippen molar-refractivity contribution in [3.05, 3.63) is 45.1 Å². The Morgan fingerprint density at radius 2 is 2.10 bits per heavy atom. The number of nitro benzene ring substituents is 1. The van der Waals surface area contributed by atoms with Crippen LogP contribution in [-0.2, 0) is 9.59 Å². The Labute approximate surface area is 123 Å². The van der Waals surface area contributed by atoms with Crippen LogP contribution in [0.1, 0.15) is 0 Å². The molecule has 110 valence electrons. The van der Waals surface area contributed by atoms with Crippen LogP contribution in [0.2, 0.25) is 5.02 Å². The lowest BCUT2D eigenvalue weighted by Gasteiger charge is -2.13. The summed E-state index contributed by atoms with van der Waals surface area (Å²) in [6.45, 7) is -0.453. The van der Waals surface area contributed by atoms with E-state index in [1.807, 2.05) is 0 Å². The molecule has 21 heavy (non-hydrogen) atoms. The summed E-state index contributed by atoms with van der Waals surface area (Å²) in [6.07, 6.45) is 1.07. The van der Waals surface area contributed by atoms with Crippen molar-refractivity contribution in [3.8, 4) is 0 Å². The number of hydrogen-bond donors (Lipinski definition) is 2. The predicted octanol–water partition coefficient (Wildman–Crippen LogP) is 0.905. The molecule has 0 saturated carbocycles. The van der Waals surface area contributed by atoms with Gasteiger partial charge >= 0.3 is 0 Å². The summed E-state index contributed by atoms with van der Waals surface area (Å²) in [4.78, 5) is 34.5. The number of benzene rings is 1. The molecular formula is C12H10ClN3O5. The van der Waals surface area contributed by atoms with Crippen LogP contribution in [0.3, 0.4) is 0 Å². The molecular weight excluding hydrogens is 302 g/mol. The van der Waals surface area contributed by atoms with Gasteiger partial charge in [0, 0.05) is 17.8 Å². The molecule has 1 aromatic rings. The van der Waals surface area contributed by atoms with E-state index in [1.54, 1.807) is 0 Å². The largest absolute Gasteiger partial charge is 0.395 e. The molecule has 9 heteroatoms. The van der Waals surface area contributed by atoms with Crippen LogP contribution in [0.5, 0.6) is 0 Å². The van der Waals surface area contributed by atoms with Gasteiger partial charge < -0.3 is 10.4 Å². The summed E-state index contributed by atoms with van der Waals surface area (Å²) in [5.74, 6) is -1.16. The Morgan fingerprint density at radius 3 is 2.71 bits per heavy atom. The molecule has 0 saturated heterocycles. The molecule has 0 unspecified atom stereocenters. The third-order valence-corrected chi connectivity index (χ3v) is 3.07. The molecule has 1 aliphatic rings. The quantitative estimate of drug-likeness (QED) is 0.474. The van der Waals surface area contributed by atoms with Gasteiger partial charge in [0.2, 0.25) is 0 Å². The number of rotatable bonds is 5. The lowest BCUT2D eigenvalue weighted by Crippen LogP contribution is -2.34. The number of β-amino-alcohol motifs (C(OH)–C–C–N with tert-alkyl or cyclic N) is 1. The second-order valence-corrected chi connectivity index (χ2v) is 4.53. The summed E-state index contributed by atoms with van der Waals surface area (Å²) in [5, 5.41) is 22.2. The number of anilines is 1. The molecule has 0 aliphatic carbocycles. The lowest BCUT2D eigenvalue weighted by molar-refractivity contribution is -0.384. The van der Waals surface area contributed by atoms with Crippen LogP contribution >= 0.6 is 11.6 Å². The summed E-state index contributed by atoms with van der Waals surface area (Å²) in [5.41, 5.74) is -0.0827. The Balaban J connectivity index is 2.22. The summed E-state index contributed by atoms with van der Waals surface area (Å²) in [6, 6.07) is 3.92. The standard InChI is InChI=1S/C12H10ClN3O5/c13-8-2-1-7(5-10(8)16(20)21)14-9-6-11(18)15(3-4-17)12(9)19/h1-2,5-6,14,17H,3-4H2. The van der Waals surface area contributed by atoms with Gasteiger partial charge in [0.05, 0.1) is 18.1 Å². The molecule has 1 heterocycles. The van der Waals surface area contributed by atoms with E-state index < -0.39 is 16.7 Å². The molecule has 2 rings (SSSR count). The summed E-state index contributed by atoms with van der Waals surface area (Å²) in [7, 11) is 0. The minimum Gasteiger partial charge on any atom is -0.395 e. The molecule has 0 bridgehead atoms. The molecule has 0 fully saturated rings. The fraction of sp³-hybridized carbons (Fsp3) is 0.167. The molecule has 0 spiro atoms. The minimum atomic E-state index is -0.651.